The highest BCUT2D eigenvalue weighted by Crippen LogP contribution is 2.35. The summed E-state index contributed by atoms with van der Waals surface area (Å²) < 4.78 is 7.60. The van der Waals surface area contributed by atoms with Gasteiger partial charge in [0.2, 0.25) is 0 Å². The number of carbonyl (C=O) groups excluding carboxylic acids is 2. The fraction of sp³-hybridized carbons (Fsp3) is 0.179. The van der Waals surface area contributed by atoms with E-state index < -0.39 is 17.7 Å². The van der Waals surface area contributed by atoms with Gasteiger partial charge in [-0.1, -0.05) is 61.5 Å². The summed E-state index contributed by atoms with van der Waals surface area (Å²) in [5, 5.41) is 8.99. The topological polar surface area (TPSA) is 111 Å². The van der Waals surface area contributed by atoms with Gasteiger partial charge in [0, 0.05) is 18.3 Å². The van der Waals surface area contributed by atoms with Gasteiger partial charge in [0.05, 0.1) is 24.1 Å². The Bertz CT molecular complexity index is 1410. The van der Waals surface area contributed by atoms with Gasteiger partial charge in [-0.05, 0) is 40.8 Å². The monoisotopic (exact) mass is 470 g/mol. The van der Waals surface area contributed by atoms with Crippen molar-refractivity contribution in [2.75, 3.05) is 6.61 Å². The second-order valence-electron chi connectivity index (χ2n) is 8.13. The molecule has 0 unspecified atom stereocenters. The van der Waals surface area contributed by atoms with Gasteiger partial charge in [-0.15, -0.1) is 0 Å². The molecule has 0 aliphatic rings. The maximum absolute atomic E-state index is 13.0. The van der Waals surface area contributed by atoms with Crippen LogP contribution in [0, 0.1) is 0 Å². The summed E-state index contributed by atoms with van der Waals surface area (Å²) in [7, 11) is 0. The van der Waals surface area contributed by atoms with E-state index in [2.05, 4.69) is 6.07 Å². The molecule has 0 atom stereocenters. The van der Waals surface area contributed by atoms with Crippen LogP contribution in [0.2, 0.25) is 0 Å². The Morgan fingerprint density at radius 1 is 0.971 bits per heavy atom. The number of aliphatic carboxylic acids is 1. The molecular formula is C28H26N2O5. The largest absolute Gasteiger partial charge is 0.491 e. The van der Waals surface area contributed by atoms with Gasteiger partial charge < -0.3 is 20.0 Å². The van der Waals surface area contributed by atoms with Crippen LogP contribution < -0.4 is 10.5 Å². The van der Waals surface area contributed by atoms with Crippen LogP contribution in [0.1, 0.15) is 40.5 Å². The molecule has 2 aromatic heterocycles. The van der Waals surface area contributed by atoms with E-state index in [0.29, 0.717) is 29.7 Å². The highest BCUT2D eigenvalue weighted by atomic mass is 16.5. The highest BCUT2D eigenvalue weighted by molar-refractivity contribution is 6.44. The number of carbonyl (C=O) groups is 3. The van der Waals surface area contributed by atoms with Gasteiger partial charge in [0.1, 0.15) is 5.75 Å². The minimum absolute atomic E-state index is 0.0714. The van der Waals surface area contributed by atoms with Crippen molar-refractivity contribution in [3.63, 3.8) is 0 Å². The number of rotatable bonds is 10. The van der Waals surface area contributed by atoms with Gasteiger partial charge >= 0.3 is 5.97 Å². The molecule has 4 aromatic rings. The summed E-state index contributed by atoms with van der Waals surface area (Å²) in [6, 6.07) is 21.5. The minimum atomic E-state index is -1.05. The van der Waals surface area contributed by atoms with E-state index in [1.54, 1.807) is 12.1 Å². The molecule has 2 heterocycles. The molecule has 7 heteroatoms. The zero-order chi connectivity index (χ0) is 24.9. The van der Waals surface area contributed by atoms with Crippen LogP contribution in [0.4, 0.5) is 0 Å². The highest BCUT2D eigenvalue weighted by Gasteiger charge is 2.28. The molecule has 0 fully saturated rings. The number of aromatic nitrogens is 1. The average molecular weight is 471 g/mol. The summed E-state index contributed by atoms with van der Waals surface area (Å²) in [5.41, 5.74) is 10.8. The first-order valence-electron chi connectivity index (χ1n) is 11.4. The van der Waals surface area contributed by atoms with Crippen molar-refractivity contribution in [3.05, 3.63) is 95.3 Å². The summed E-state index contributed by atoms with van der Waals surface area (Å²) in [4.78, 5) is 35.9. The molecule has 0 radical (unpaired) electrons. The predicted molar refractivity (Wildman–Crippen MR) is 133 cm³/mol. The molecule has 35 heavy (non-hydrogen) atoms. The number of ketones is 1. The number of hydrogen-bond acceptors (Lipinski definition) is 4. The van der Waals surface area contributed by atoms with Crippen molar-refractivity contribution < 1.29 is 24.2 Å². The Balaban J connectivity index is 1.90. The van der Waals surface area contributed by atoms with Crippen LogP contribution in [0.5, 0.6) is 5.75 Å². The molecule has 0 aliphatic carbocycles. The summed E-state index contributed by atoms with van der Waals surface area (Å²) >= 11 is 0. The first-order chi connectivity index (χ1) is 16.9. The Labute approximate surface area is 202 Å². The fourth-order valence-electron chi connectivity index (χ4n) is 4.45. The van der Waals surface area contributed by atoms with Crippen molar-refractivity contribution in [2.24, 2.45) is 5.73 Å². The van der Waals surface area contributed by atoms with Crippen molar-refractivity contribution in [3.8, 4) is 16.9 Å². The van der Waals surface area contributed by atoms with E-state index in [-0.39, 0.29) is 18.6 Å². The lowest BCUT2D eigenvalue weighted by Gasteiger charge is -2.12. The third kappa shape index (κ3) is 4.80. The molecule has 2 aromatic carbocycles. The van der Waals surface area contributed by atoms with E-state index in [4.69, 9.17) is 15.6 Å². The quantitative estimate of drug-likeness (QED) is 0.265. The second-order valence-corrected chi connectivity index (χ2v) is 8.13. The van der Waals surface area contributed by atoms with Crippen molar-refractivity contribution in [1.82, 2.24) is 4.40 Å². The number of carboxylic acid groups (broad SMARTS) is 1. The standard InChI is InChI=1S/C28H26N2O5/c1-2-20-22(17-19-11-6-7-12-21(19)18-9-4-3-5-10-18)30-15-8-13-23(35-16-14-24(31)32)26(30)25(20)27(33)28(29)34/h3-13,15H,2,14,16-17H2,1H3,(H2,29,34)(H,31,32). The number of benzene rings is 2. The Kier molecular flexibility index (Phi) is 6.96. The Morgan fingerprint density at radius 2 is 1.69 bits per heavy atom. The number of fused-ring (bicyclic) bond motifs is 1. The summed E-state index contributed by atoms with van der Waals surface area (Å²) in [6.07, 6.45) is 2.61. The zero-order valence-electron chi connectivity index (χ0n) is 19.4. The summed E-state index contributed by atoms with van der Waals surface area (Å²) in [6.45, 7) is 1.85. The van der Waals surface area contributed by atoms with Gasteiger partial charge in [-0.2, -0.15) is 0 Å². The van der Waals surface area contributed by atoms with Crippen LogP contribution in [0.3, 0.4) is 0 Å². The number of hydrogen-bond donors (Lipinski definition) is 2. The molecule has 0 saturated heterocycles. The maximum Gasteiger partial charge on any atom is 0.306 e. The molecule has 0 aliphatic heterocycles. The van der Waals surface area contributed by atoms with Crippen molar-refractivity contribution in [1.29, 1.82) is 0 Å². The number of amides is 1. The lowest BCUT2D eigenvalue weighted by molar-refractivity contribution is -0.137. The van der Waals surface area contributed by atoms with E-state index in [0.717, 1.165) is 22.4 Å². The molecule has 0 spiro atoms. The van der Waals surface area contributed by atoms with Crippen LogP contribution in [0.15, 0.2) is 72.9 Å². The lowest BCUT2D eigenvalue weighted by atomic mass is 9.94. The van der Waals surface area contributed by atoms with E-state index >= 15 is 0 Å². The van der Waals surface area contributed by atoms with Crippen LogP contribution >= 0.6 is 0 Å². The van der Waals surface area contributed by atoms with Crippen molar-refractivity contribution >= 4 is 23.2 Å². The van der Waals surface area contributed by atoms with Crippen molar-refractivity contribution in [2.45, 2.75) is 26.2 Å². The fourth-order valence-corrected chi connectivity index (χ4v) is 4.45. The molecule has 0 bridgehead atoms. The van der Waals surface area contributed by atoms with Crippen LogP contribution in [-0.4, -0.2) is 33.8 Å². The SMILES string of the molecule is CCc1c(C(=O)C(N)=O)c2c(OCCC(=O)O)cccn2c1Cc1ccccc1-c1ccccc1. The van der Waals surface area contributed by atoms with Gasteiger partial charge in [-0.3, -0.25) is 14.4 Å². The molecule has 7 nitrogen and oxygen atoms in total. The number of pyridine rings is 1. The van der Waals surface area contributed by atoms with Gasteiger partial charge in [0.25, 0.3) is 11.7 Å². The second kappa shape index (κ2) is 10.3. The number of nitrogens with two attached hydrogens (primary N) is 1. The Morgan fingerprint density at radius 3 is 2.37 bits per heavy atom. The van der Waals surface area contributed by atoms with Gasteiger partial charge in [-0.25, -0.2) is 0 Å². The summed E-state index contributed by atoms with van der Waals surface area (Å²) in [5.74, 6) is -2.51. The third-order valence-corrected chi connectivity index (χ3v) is 5.97. The van der Waals surface area contributed by atoms with E-state index in [1.165, 1.54) is 0 Å². The molecule has 4 rings (SSSR count). The number of nitrogens with zero attached hydrogens (tertiary/aromatic N) is 1. The molecule has 3 N–H and O–H groups in total. The van der Waals surface area contributed by atoms with E-state index in [9.17, 15) is 14.4 Å². The van der Waals surface area contributed by atoms with Crippen LogP contribution in [-0.2, 0) is 22.4 Å². The minimum Gasteiger partial charge on any atom is -0.491 e. The zero-order valence-corrected chi connectivity index (χ0v) is 19.4. The molecular weight excluding hydrogens is 444 g/mol. The van der Waals surface area contributed by atoms with Gasteiger partial charge in [0.15, 0.2) is 0 Å². The first-order valence-corrected chi connectivity index (χ1v) is 11.4. The third-order valence-electron chi connectivity index (χ3n) is 5.97. The smallest absolute Gasteiger partial charge is 0.306 e. The molecule has 178 valence electrons. The van der Waals surface area contributed by atoms with E-state index in [1.807, 2.05) is 66.1 Å². The van der Waals surface area contributed by atoms with Crippen LogP contribution in [0.25, 0.3) is 16.6 Å². The molecule has 1 amide bonds. The normalized spacial score (nSPS) is 10.9. The Hall–Kier alpha value is -4.39. The number of Topliss-reactive ketones (excluding diaryl/α,β-unsaturated/α-hetero) is 1. The maximum atomic E-state index is 13.0. The number of primary amides is 1. The number of ether oxygens (including phenoxy) is 1. The molecule has 0 saturated carbocycles. The predicted octanol–water partition coefficient (Wildman–Crippen LogP) is 4.28. The number of carboxylic acids is 1. The lowest BCUT2D eigenvalue weighted by Crippen LogP contribution is -2.24. The average Bonchev–Trinajstić information content (AvgIpc) is 3.18. The first kappa shape index (κ1) is 23.8.